The van der Waals surface area contributed by atoms with Gasteiger partial charge in [-0.05, 0) is 36.5 Å². The van der Waals surface area contributed by atoms with Crippen molar-refractivity contribution < 1.29 is 13.9 Å². The summed E-state index contributed by atoms with van der Waals surface area (Å²) in [5.74, 6) is 0.466. The van der Waals surface area contributed by atoms with E-state index in [1.54, 1.807) is 12.1 Å². The standard InChI is InChI=1S/C18H28FNO2/c1-4-18(21)20-11-7-5-6-8-12-22-17-10-9-15(14(2)3)13-16(17)19/h9-10,13-14H,4-8,11-12H2,1-3H3,(H,20,21). The van der Waals surface area contributed by atoms with Crippen molar-refractivity contribution in [2.24, 2.45) is 0 Å². The number of hydrogen-bond donors (Lipinski definition) is 1. The van der Waals surface area contributed by atoms with Crippen molar-refractivity contribution in [3.05, 3.63) is 29.6 Å². The van der Waals surface area contributed by atoms with Crippen LogP contribution in [0.3, 0.4) is 0 Å². The molecule has 22 heavy (non-hydrogen) atoms. The summed E-state index contributed by atoms with van der Waals surface area (Å²) in [5, 5.41) is 2.85. The number of hydrogen-bond acceptors (Lipinski definition) is 2. The van der Waals surface area contributed by atoms with Crippen LogP contribution in [0.5, 0.6) is 5.75 Å². The molecule has 0 spiro atoms. The highest BCUT2D eigenvalue weighted by Crippen LogP contribution is 2.23. The van der Waals surface area contributed by atoms with Crippen molar-refractivity contribution in [2.75, 3.05) is 13.2 Å². The number of unbranched alkanes of at least 4 members (excludes halogenated alkanes) is 3. The third kappa shape index (κ3) is 6.92. The van der Waals surface area contributed by atoms with Crippen LogP contribution in [0, 0.1) is 5.82 Å². The molecule has 0 saturated heterocycles. The highest BCUT2D eigenvalue weighted by molar-refractivity contribution is 5.75. The topological polar surface area (TPSA) is 38.3 Å². The molecule has 0 atom stereocenters. The highest BCUT2D eigenvalue weighted by atomic mass is 19.1. The third-order valence-electron chi connectivity index (χ3n) is 3.59. The first-order valence-electron chi connectivity index (χ1n) is 8.23. The van der Waals surface area contributed by atoms with Crippen LogP contribution >= 0.6 is 0 Å². The van der Waals surface area contributed by atoms with Crippen LogP contribution in [0.1, 0.15) is 64.4 Å². The molecule has 124 valence electrons. The maximum atomic E-state index is 13.8. The summed E-state index contributed by atoms with van der Waals surface area (Å²) in [6.45, 7) is 7.19. The van der Waals surface area contributed by atoms with Crippen LogP contribution in [0.25, 0.3) is 0 Å². The maximum Gasteiger partial charge on any atom is 0.219 e. The summed E-state index contributed by atoms with van der Waals surface area (Å²) >= 11 is 0. The normalized spacial score (nSPS) is 10.8. The molecular weight excluding hydrogens is 281 g/mol. The SMILES string of the molecule is CCC(=O)NCCCCCCOc1ccc(C(C)C)cc1F. The van der Waals surface area contributed by atoms with Gasteiger partial charge < -0.3 is 10.1 Å². The van der Waals surface area contributed by atoms with Crippen molar-refractivity contribution in [2.45, 2.75) is 58.8 Å². The smallest absolute Gasteiger partial charge is 0.219 e. The Bertz CT molecular complexity index is 460. The van der Waals surface area contributed by atoms with Gasteiger partial charge in [0.05, 0.1) is 6.61 Å². The molecule has 1 aromatic rings. The lowest BCUT2D eigenvalue weighted by Crippen LogP contribution is -2.23. The van der Waals surface area contributed by atoms with Gasteiger partial charge >= 0.3 is 0 Å². The van der Waals surface area contributed by atoms with Crippen LogP contribution in [0.15, 0.2) is 18.2 Å². The summed E-state index contributed by atoms with van der Waals surface area (Å²) in [6.07, 6.45) is 4.47. The predicted molar refractivity (Wildman–Crippen MR) is 87.8 cm³/mol. The molecule has 0 aliphatic carbocycles. The summed E-state index contributed by atoms with van der Waals surface area (Å²) in [5.41, 5.74) is 0.985. The summed E-state index contributed by atoms with van der Waals surface area (Å²) < 4.78 is 19.3. The zero-order chi connectivity index (χ0) is 16.4. The maximum absolute atomic E-state index is 13.8. The molecule has 0 fully saturated rings. The number of rotatable bonds is 10. The van der Waals surface area contributed by atoms with Gasteiger partial charge in [0.2, 0.25) is 5.91 Å². The average molecular weight is 309 g/mol. The summed E-state index contributed by atoms with van der Waals surface area (Å²) in [4.78, 5) is 11.0. The van der Waals surface area contributed by atoms with Crippen LogP contribution in [0.4, 0.5) is 4.39 Å². The Morgan fingerprint density at radius 2 is 1.95 bits per heavy atom. The van der Waals surface area contributed by atoms with E-state index in [0.717, 1.165) is 37.8 Å². The van der Waals surface area contributed by atoms with Crippen LogP contribution in [-0.4, -0.2) is 19.1 Å². The molecule has 1 aromatic carbocycles. The molecule has 0 aliphatic rings. The highest BCUT2D eigenvalue weighted by Gasteiger charge is 2.06. The molecule has 0 bridgehead atoms. The van der Waals surface area contributed by atoms with Gasteiger partial charge in [-0.1, -0.05) is 39.7 Å². The Labute approximate surface area is 133 Å². The largest absolute Gasteiger partial charge is 0.491 e. The number of amides is 1. The molecular formula is C18H28FNO2. The van der Waals surface area contributed by atoms with Crippen molar-refractivity contribution in [3.8, 4) is 5.75 Å². The van der Waals surface area contributed by atoms with Crippen LogP contribution in [0.2, 0.25) is 0 Å². The fraction of sp³-hybridized carbons (Fsp3) is 0.611. The molecule has 0 aromatic heterocycles. The number of benzene rings is 1. The van der Waals surface area contributed by atoms with E-state index in [0.29, 0.717) is 24.7 Å². The molecule has 1 rings (SSSR count). The fourth-order valence-corrected chi connectivity index (χ4v) is 2.11. The molecule has 0 saturated carbocycles. The van der Waals surface area contributed by atoms with Crippen LogP contribution in [-0.2, 0) is 4.79 Å². The van der Waals surface area contributed by atoms with E-state index in [1.165, 1.54) is 0 Å². The number of nitrogens with one attached hydrogen (secondary N) is 1. The second-order valence-corrected chi connectivity index (χ2v) is 5.81. The molecule has 1 amide bonds. The Hall–Kier alpha value is -1.58. The van der Waals surface area contributed by atoms with Crippen molar-refractivity contribution in [3.63, 3.8) is 0 Å². The minimum absolute atomic E-state index is 0.101. The van der Waals surface area contributed by atoms with Gasteiger partial charge in [-0.15, -0.1) is 0 Å². The number of halogens is 1. The van der Waals surface area contributed by atoms with Gasteiger partial charge in [0.25, 0.3) is 0 Å². The first-order chi connectivity index (χ1) is 10.5. The van der Waals surface area contributed by atoms with Gasteiger partial charge in [0.15, 0.2) is 11.6 Å². The monoisotopic (exact) mass is 309 g/mol. The van der Waals surface area contributed by atoms with E-state index in [2.05, 4.69) is 5.32 Å². The predicted octanol–water partition coefficient (Wildman–Crippen LogP) is 4.41. The zero-order valence-electron chi connectivity index (χ0n) is 14.0. The first-order valence-corrected chi connectivity index (χ1v) is 8.23. The molecule has 0 heterocycles. The lowest BCUT2D eigenvalue weighted by Gasteiger charge is -2.10. The van der Waals surface area contributed by atoms with E-state index < -0.39 is 0 Å². The average Bonchev–Trinajstić information content (AvgIpc) is 2.50. The molecule has 0 aliphatic heterocycles. The summed E-state index contributed by atoms with van der Waals surface area (Å²) in [7, 11) is 0. The lowest BCUT2D eigenvalue weighted by atomic mass is 10.0. The number of carbonyl (C=O) groups is 1. The molecule has 0 unspecified atom stereocenters. The Kier molecular flexibility index (Phi) is 8.56. The van der Waals surface area contributed by atoms with E-state index in [9.17, 15) is 9.18 Å². The minimum atomic E-state index is -0.284. The van der Waals surface area contributed by atoms with Gasteiger partial charge in [0.1, 0.15) is 0 Å². The molecule has 4 heteroatoms. The van der Waals surface area contributed by atoms with Gasteiger partial charge in [-0.3, -0.25) is 4.79 Å². The second-order valence-electron chi connectivity index (χ2n) is 5.81. The summed E-state index contributed by atoms with van der Waals surface area (Å²) in [6, 6.07) is 5.18. The molecule has 0 radical (unpaired) electrons. The van der Waals surface area contributed by atoms with E-state index in [4.69, 9.17) is 4.74 Å². The van der Waals surface area contributed by atoms with Gasteiger partial charge in [-0.2, -0.15) is 0 Å². The third-order valence-corrected chi connectivity index (χ3v) is 3.59. The van der Waals surface area contributed by atoms with E-state index in [1.807, 2.05) is 26.8 Å². The second kappa shape index (κ2) is 10.2. The van der Waals surface area contributed by atoms with Gasteiger partial charge in [-0.25, -0.2) is 4.39 Å². The number of ether oxygens (including phenoxy) is 1. The van der Waals surface area contributed by atoms with E-state index in [-0.39, 0.29) is 11.7 Å². The van der Waals surface area contributed by atoms with Crippen LogP contribution < -0.4 is 10.1 Å². The van der Waals surface area contributed by atoms with Gasteiger partial charge in [0, 0.05) is 13.0 Å². The quantitative estimate of drug-likeness (QED) is 0.650. The number of carbonyl (C=O) groups excluding carboxylic acids is 1. The fourth-order valence-electron chi connectivity index (χ4n) is 2.11. The first kappa shape index (κ1) is 18.5. The van der Waals surface area contributed by atoms with Crippen molar-refractivity contribution >= 4 is 5.91 Å². The lowest BCUT2D eigenvalue weighted by molar-refractivity contribution is -0.120. The minimum Gasteiger partial charge on any atom is -0.491 e. The molecule has 1 N–H and O–H groups in total. The zero-order valence-corrected chi connectivity index (χ0v) is 14.0. The Morgan fingerprint density at radius 3 is 2.59 bits per heavy atom. The van der Waals surface area contributed by atoms with E-state index >= 15 is 0 Å². The molecule has 3 nitrogen and oxygen atoms in total. The Balaban J connectivity index is 2.13. The Morgan fingerprint density at radius 1 is 1.23 bits per heavy atom. The van der Waals surface area contributed by atoms with Crippen molar-refractivity contribution in [1.82, 2.24) is 5.32 Å². The van der Waals surface area contributed by atoms with Crippen molar-refractivity contribution in [1.29, 1.82) is 0 Å².